The molecule has 0 aliphatic heterocycles. The number of carbonyl (C=O) groups is 1. The molecule has 4 aromatic rings. The SMILES string of the molecule is CCC(=O)N[C@@]12CC1[C@@H](Nc1ncc3c(-c4cnc5nc(C)n(CC(F)F)c5n4)c[nH]c3n1)C2. The minimum Gasteiger partial charge on any atom is -0.351 e. The lowest BCUT2D eigenvalue weighted by Crippen LogP contribution is -2.52. The van der Waals surface area contributed by atoms with E-state index in [0.717, 1.165) is 23.8 Å². The second-order valence-corrected chi connectivity index (χ2v) is 9.04. The van der Waals surface area contributed by atoms with Crippen LogP contribution in [0.3, 0.4) is 0 Å². The predicted octanol–water partition coefficient (Wildman–Crippen LogP) is 2.81. The van der Waals surface area contributed by atoms with Crippen LogP contribution in [0.1, 0.15) is 32.0 Å². The quantitative estimate of drug-likeness (QED) is 0.381. The monoisotopic (exact) mass is 467 g/mol. The minimum absolute atomic E-state index is 0.0407. The maximum atomic E-state index is 13.0. The summed E-state index contributed by atoms with van der Waals surface area (Å²) in [5.74, 6) is 1.45. The molecule has 12 heteroatoms. The molecule has 1 unspecified atom stereocenters. The first kappa shape index (κ1) is 20.9. The number of aromatic nitrogens is 7. The normalized spacial score (nSPS) is 23.2. The molecule has 2 aliphatic rings. The van der Waals surface area contributed by atoms with Crippen molar-refractivity contribution in [1.29, 1.82) is 0 Å². The number of aromatic amines is 1. The van der Waals surface area contributed by atoms with Crippen LogP contribution >= 0.6 is 0 Å². The van der Waals surface area contributed by atoms with E-state index in [9.17, 15) is 13.6 Å². The van der Waals surface area contributed by atoms with Gasteiger partial charge in [0.05, 0.1) is 18.4 Å². The summed E-state index contributed by atoms with van der Waals surface area (Å²) in [4.78, 5) is 37.0. The zero-order valence-electron chi connectivity index (χ0n) is 18.6. The van der Waals surface area contributed by atoms with E-state index in [2.05, 4.69) is 40.5 Å². The first-order chi connectivity index (χ1) is 16.4. The Hall–Kier alpha value is -3.70. The van der Waals surface area contributed by atoms with E-state index in [1.54, 1.807) is 25.5 Å². The van der Waals surface area contributed by atoms with Gasteiger partial charge < -0.3 is 20.2 Å². The number of H-pyrrole nitrogens is 1. The van der Waals surface area contributed by atoms with Crippen molar-refractivity contribution in [2.45, 2.75) is 57.7 Å². The molecule has 2 saturated carbocycles. The van der Waals surface area contributed by atoms with E-state index in [-0.39, 0.29) is 17.5 Å². The van der Waals surface area contributed by atoms with Crippen molar-refractivity contribution in [2.75, 3.05) is 5.32 Å². The molecule has 0 saturated heterocycles. The van der Waals surface area contributed by atoms with Gasteiger partial charge in [-0.3, -0.25) is 4.79 Å². The predicted molar refractivity (Wildman–Crippen MR) is 120 cm³/mol. The Balaban J connectivity index is 1.23. The van der Waals surface area contributed by atoms with E-state index in [4.69, 9.17) is 0 Å². The van der Waals surface area contributed by atoms with Crippen LogP contribution in [-0.2, 0) is 11.3 Å². The number of nitrogens with zero attached hydrogens (tertiary/aromatic N) is 6. The number of carbonyl (C=O) groups excluding carboxylic acids is 1. The second-order valence-electron chi connectivity index (χ2n) is 9.04. The van der Waals surface area contributed by atoms with Gasteiger partial charge in [0.15, 0.2) is 11.3 Å². The highest BCUT2D eigenvalue weighted by atomic mass is 19.3. The number of amides is 1. The maximum Gasteiger partial charge on any atom is 0.256 e. The van der Waals surface area contributed by atoms with Crippen molar-refractivity contribution in [3.8, 4) is 11.3 Å². The molecule has 2 aliphatic carbocycles. The Labute approximate surface area is 192 Å². The summed E-state index contributed by atoms with van der Waals surface area (Å²) in [6, 6.07) is 0.232. The van der Waals surface area contributed by atoms with Gasteiger partial charge in [-0.25, -0.2) is 28.7 Å². The summed E-state index contributed by atoms with van der Waals surface area (Å²) in [6.07, 6.45) is 4.86. The Morgan fingerprint density at radius 3 is 2.88 bits per heavy atom. The first-order valence-electron chi connectivity index (χ1n) is 11.3. The third-order valence-corrected chi connectivity index (χ3v) is 6.91. The standard InChI is InChI=1S/C22H23F2N9O/c1-3-17(34)32-22-4-13(22)14(5-22)30-21-27-7-12-11(6-25-18(12)31-21)15-8-26-19-20(29-15)33(9-16(23)24)10(2)28-19/h6-8,13-14,16H,3-5,9H2,1-2H3,(H,32,34)(H2,25,27,30,31)/t13?,14-,22+/m0/s1. The Morgan fingerprint density at radius 2 is 2.12 bits per heavy atom. The zero-order chi connectivity index (χ0) is 23.6. The highest BCUT2D eigenvalue weighted by Crippen LogP contribution is 2.60. The molecule has 1 amide bonds. The van der Waals surface area contributed by atoms with Gasteiger partial charge in [0.25, 0.3) is 6.43 Å². The lowest BCUT2D eigenvalue weighted by atomic mass is 9.86. The van der Waals surface area contributed by atoms with Gasteiger partial charge in [-0.1, -0.05) is 6.92 Å². The van der Waals surface area contributed by atoms with Gasteiger partial charge in [-0.15, -0.1) is 0 Å². The molecule has 3 N–H and O–H groups in total. The number of rotatable bonds is 7. The highest BCUT2D eigenvalue weighted by molar-refractivity contribution is 5.93. The number of alkyl halides is 2. The average molecular weight is 467 g/mol. The molecule has 6 rings (SSSR count). The maximum absolute atomic E-state index is 13.0. The van der Waals surface area contributed by atoms with Gasteiger partial charge in [-0.2, -0.15) is 4.98 Å². The number of imidazole rings is 1. The molecular formula is C22H23F2N9O. The molecular weight excluding hydrogens is 444 g/mol. The van der Waals surface area contributed by atoms with Crippen LogP contribution in [0.4, 0.5) is 14.7 Å². The van der Waals surface area contributed by atoms with Gasteiger partial charge in [-0.05, 0) is 19.8 Å². The number of aryl methyl sites for hydroxylation is 1. The van der Waals surface area contributed by atoms with Gasteiger partial charge in [0.2, 0.25) is 11.9 Å². The molecule has 176 valence electrons. The van der Waals surface area contributed by atoms with Crippen molar-refractivity contribution in [2.24, 2.45) is 5.92 Å². The second kappa shape index (κ2) is 7.40. The van der Waals surface area contributed by atoms with Crippen molar-refractivity contribution >= 4 is 34.2 Å². The minimum atomic E-state index is -2.52. The third-order valence-electron chi connectivity index (χ3n) is 6.91. The number of anilines is 1. The average Bonchev–Trinajstić information content (AvgIpc) is 3.08. The summed E-state index contributed by atoms with van der Waals surface area (Å²) >= 11 is 0. The fourth-order valence-corrected chi connectivity index (χ4v) is 5.02. The van der Waals surface area contributed by atoms with E-state index >= 15 is 0 Å². The topological polar surface area (TPSA) is 126 Å². The molecule has 0 bridgehead atoms. The van der Waals surface area contributed by atoms with E-state index in [1.807, 2.05) is 6.92 Å². The fourth-order valence-electron chi connectivity index (χ4n) is 5.02. The van der Waals surface area contributed by atoms with Crippen LogP contribution in [-0.4, -0.2) is 58.4 Å². The van der Waals surface area contributed by atoms with Gasteiger partial charge in [0.1, 0.15) is 11.5 Å². The van der Waals surface area contributed by atoms with Crippen molar-refractivity contribution < 1.29 is 13.6 Å². The number of nitrogens with one attached hydrogen (secondary N) is 3. The highest BCUT2D eigenvalue weighted by Gasteiger charge is 2.68. The molecule has 2 fully saturated rings. The van der Waals surface area contributed by atoms with Crippen LogP contribution in [0, 0.1) is 12.8 Å². The molecule has 0 aromatic carbocycles. The van der Waals surface area contributed by atoms with E-state index in [1.165, 1.54) is 4.57 Å². The fraction of sp³-hybridized carbons (Fsp3) is 0.455. The molecule has 4 aromatic heterocycles. The summed E-state index contributed by atoms with van der Waals surface area (Å²) in [5, 5.41) is 7.25. The largest absolute Gasteiger partial charge is 0.351 e. The van der Waals surface area contributed by atoms with Gasteiger partial charge in [0, 0.05) is 47.3 Å². The summed E-state index contributed by atoms with van der Waals surface area (Å²) < 4.78 is 27.4. The van der Waals surface area contributed by atoms with Crippen molar-refractivity contribution in [3.05, 3.63) is 24.4 Å². The lowest BCUT2D eigenvalue weighted by molar-refractivity contribution is -0.122. The van der Waals surface area contributed by atoms with Crippen LogP contribution in [0.5, 0.6) is 0 Å². The van der Waals surface area contributed by atoms with Gasteiger partial charge >= 0.3 is 0 Å². The first-order valence-corrected chi connectivity index (χ1v) is 11.3. The number of hydrogen-bond acceptors (Lipinski definition) is 7. The Bertz CT molecular complexity index is 1430. The molecule has 4 heterocycles. The number of hydrogen-bond donors (Lipinski definition) is 3. The van der Waals surface area contributed by atoms with Crippen molar-refractivity contribution in [1.82, 2.24) is 39.8 Å². The third kappa shape index (κ3) is 3.27. The summed E-state index contributed by atoms with van der Waals surface area (Å²) in [6.45, 7) is 3.02. The number of fused-ring (bicyclic) bond motifs is 3. The van der Waals surface area contributed by atoms with Crippen LogP contribution in [0.25, 0.3) is 33.6 Å². The lowest BCUT2D eigenvalue weighted by Gasteiger charge is -2.35. The van der Waals surface area contributed by atoms with E-state index < -0.39 is 13.0 Å². The van der Waals surface area contributed by atoms with Crippen LogP contribution in [0.2, 0.25) is 0 Å². The zero-order valence-corrected chi connectivity index (χ0v) is 18.6. The molecule has 3 atom stereocenters. The van der Waals surface area contributed by atoms with Crippen LogP contribution in [0.15, 0.2) is 18.6 Å². The Kier molecular flexibility index (Phi) is 4.55. The molecule has 0 spiro atoms. The number of halogens is 2. The molecule has 34 heavy (non-hydrogen) atoms. The van der Waals surface area contributed by atoms with Crippen molar-refractivity contribution in [3.63, 3.8) is 0 Å². The molecule has 0 radical (unpaired) electrons. The summed E-state index contributed by atoms with van der Waals surface area (Å²) in [7, 11) is 0. The van der Waals surface area contributed by atoms with Crippen LogP contribution < -0.4 is 10.6 Å². The molecule has 10 nitrogen and oxygen atoms in total. The van der Waals surface area contributed by atoms with E-state index in [0.29, 0.717) is 46.7 Å². The smallest absolute Gasteiger partial charge is 0.256 e. The summed E-state index contributed by atoms with van der Waals surface area (Å²) in [5.41, 5.74) is 2.49. The Morgan fingerprint density at radius 1 is 1.26 bits per heavy atom.